The number of nitrogens with zero attached hydrogens (tertiary/aromatic N) is 2. The molecule has 3 nitrogen and oxygen atoms in total. The van der Waals surface area contributed by atoms with Gasteiger partial charge in [0.05, 0.1) is 0 Å². The van der Waals surface area contributed by atoms with Crippen molar-refractivity contribution in [2.75, 3.05) is 19.6 Å². The zero-order valence-corrected chi connectivity index (χ0v) is 9.20. The van der Waals surface area contributed by atoms with Crippen molar-refractivity contribution in [2.24, 2.45) is 0 Å². The minimum Gasteiger partial charge on any atom is -0.337 e. The Morgan fingerprint density at radius 1 is 1.29 bits per heavy atom. The first-order valence-electron chi connectivity index (χ1n) is 5.79. The van der Waals surface area contributed by atoms with E-state index in [-0.39, 0.29) is 0 Å². The summed E-state index contributed by atoms with van der Waals surface area (Å²) in [6, 6.07) is 1.19. The highest BCUT2D eigenvalue weighted by Crippen LogP contribution is 2.30. The van der Waals surface area contributed by atoms with Gasteiger partial charge in [0.15, 0.2) is 0 Å². The minimum atomic E-state index is 0.341. The van der Waals surface area contributed by atoms with Crippen molar-refractivity contribution >= 4 is 5.91 Å². The molecule has 0 aromatic carbocycles. The van der Waals surface area contributed by atoms with Crippen molar-refractivity contribution in [1.29, 1.82) is 0 Å². The topological polar surface area (TPSA) is 23.6 Å². The van der Waals surface area contributed by atoms with Gasteiger partial charge in [-0.3, -0.25) is 9.69 Å². The van der Waals surface area contributed by atoms with Gasteiger partial charge >= 0.3 is 0 Å². The van der Waals surface area contributed by atoms with E-state index in [1.54, 1.807) is 0 Å². The number of carbonyl (C=O) groups excluding carboxylic acids is 1. The lowest BCUT2D eigenvalue weighted by atomic mass is 10.2. The number of likely N-dealkylation sites (tertiary alicyclic amines) is 2. The van der Waals surface area contributed by atoms with Crippen molar-refractivity contribution < 1.29 is 4.79 Å². The zero-order valence-electron chi connectivity index (χ0n) is 9.20. The fraction of sp³-hybridized carbons (Fsp3) is 0.909. The van der Waals surface area contributed by atoms with Crippen LogP contribution in [-0.2, 0) is 4.79 Å². The predicted octanol–water partition coefficient (Wildman–Crippen LogP) is 1.09. The molecule has 0 aromatic rings. The van der Waals surface area contributed by atoms with Crippen molar-refractivity contribution in [3.63, 3.8) is 0 Å². The monoisotopic (exact) mass is 196 g/mol. The fourth-order valence-electron chi connectivity index (χ4n) is 2.82. The third kappa shape index (κ3) is 1.54. The maximum absolute atomic E-state index is 11.6. The van der Waals surface area contributed by atoms with Crippen molar-refractivity contribution in [3.8, 4) is 0 Å². The lowest BCUT2D eigenvalue weighted by Gasteiger charge is -2.33. The molecule has 2 aliphatic rings. The summed E-state index contributed by atoms with van der Waals surface area (Å²) >= 11 is 0. The van der Waals surface area contributed by atoms with Crippen LogP contribution < -0.4 is 0 Å². The van der Waals surface area contributed by atoms with Gasteiger partial charge in [-0.2, -0.15) is 0 Å². The van der Waals surface area contributed by atoms with Crippen molar-refractivity contribution in [3.05, 3.63) is 0 Å². The largest absolute Gasteiger partial charge is 0.337 e. The molecule has 0 unspecified atom stereocenters. The standard InChI is InChI=1S/C11H20N2O/c1-3-5-12-7-10-6-9(12)8-13(10)11(14)4-2/h9-10H,3-8H2,1-2H3/t9-,10-/m0/s1. The quantitative estimate of drug-likeness (QED) is 0.674. The molecule has 2 heterocycles. The predicted molar refractivity (Wildman–Crippen MR) is 56.1 cm³/mol. The molecule has 2 aliphatic heterocycles. The van der Waals surface area contributed by atoms with Crippen LogP contribution in [-0.4, -0.2) is 47.4 Å². The highest BCUT2D eigenvalue weighted by molar-refractivity contribution is 5.76. The summed E-state index contributed by atoms with van der Waals surface area (Å²) in [6.45, 7) is 7.48. The third-order valence-electron chi connectivity index (χ3n) is 3.49. The molecule has 0 N–H and O–H groups in total. The molecule has 3 heteroatoms. The molecule has 2 bridgehead atoms. The molecule has 80 valence electrons. The molecule has 1 amide bonds. The maximum atomic E-state index is 11.6. The highest BCUT2D eigenvalue weighted by Gasteiger charge is 2.43. The summed E-state index contributed by atoms with van der Waals surface area (Å²) in [5.41, 5.74) is 0. The summed E-state index contributed by atoms with van der Waals surface area (Å²) < 4.78 is 0. The van der Waals surface area contributed by atoms with Gasteiger partial charge in [0.25, 0.3) is 0 Å². The third-order valence-corrected chi connectivity index (χ3v) is 3.49. The van der Waals surface area contributed by atoms with E-state index in [0.29, 0.717) is 24.4 Å². The number of carbonyl (C=O) groups is 1. The van der Waals surface area contributed by atoms with Crippen LogP contribution in [0.5, 0.6) is 0 Å². The van der Waals surface area contributed by atoms with E-state index >= 15 is 0 Å². The second-order valence-corrected chi connectivity index (χ2v) is 4.44. The molecule has 0 spiro atoms. The van der Waals surface area contributed by atoms with Crippen LogP contribution in [0.15, 0.2) is 0 Å². The summed E-state index contributed by atoms with van der Waals surface area (Å²) in [5.74, 6) is 0.341. The molecule has 2 fully saturated rings. The lowest BCUT2D eigenvalue weighted by molar-refractivity contribution is -0.133. The number of rotatable bonds is 3. The summed E-state index contributed by atoms with van der Waals surface area (Å²) in [7, 11) is 0. The Balaban J connectivity index is 1.93. The van der Waals surface area contributed by atoms with E-state index in [9.17, 15) is 4.79 Å². The number of amides is 1. The second-order valence-electron chi connectivity index (χ2n) is 4.44. The van der Waals surface area contributed by atoms with Gasteiger partial charge in [-0.25, -0.2) is 0 Å². The van der Waals surface area contributed by atoms with Gasteiger partial charge in [-0.05, 0) is 19.4 Å². The van der Waals surface area contributed by atoms with Crippen molar-refractivity contribution in [2.45, 2.75) is 45.2 Å². The molecule has 2 saturated heterocycles. The Labute approximate surface area is 86.1 Å². The number of fused-ring (bicyclic) bond motifs is 2. The van der Waals surface area contributed by atoms with E-state index < -0.39 is 0 Å². The zero-order chi connectivity index (χ0) is 10.1. The van der Waals surface area contributed by atoms with E-state index in [1.165, 1.54) is 19.4 Å². The average Bonchev–Trinajstić information content (AvgIpc) is 2.76. The van der Waals surface area contributed by atoms with Crippen LogP contribution >= 0.6 is 0 Å². The lowest BCUT2D eigenvalue weighted by Crippen LogP contribution is -2.48. The van der Waals surface area contributed by atoms with Crippen LogP contribution in [0.2, 0.25) is 0 Å². The first kappa shape index (κ1) is 9.97. The van der Waals surface area contributed by atoms with Gasteiger partial charge in [0, 0.05) is 31.6 Å². The van der Waals surface area contributed by atoms with E-state index in [2.05, 4.69) is 16.7 Å². The van der Waals surface area contributed by atoms with Crippen LogP contribution in [0.25, 0.3) is 0 Å². The van der Waals surface area contributed by atoms with Crippen LogP contribution in [0.3, 0.4) is 0 Å². The van der Waals surface area contributed by atoms with E-state index in [1.807, 2.05) is 6.92 Å². The molecule has 0 radical (unpaired) electrons. The first-order chi connectivity index (χ1) is 6.76. The van der Waals surface area contributed by atoms with E-state index in [4.69, 9.17) is 0 Å². The molecular weight excluding hydrogens is 176 g/mol. The van der Waals surface area contributed by atoms with Gasteiger partial charge in [-0.1, -0.05) is 13.8 Å². The summed E-state index contributed by atoms with van der Waals surface area (Å²) in [6.07, 6.45) is 3.10. The second kappa shape index (κ2) is 3.89. The van der Waals surface area contributed by atoms with Gasteiger partial charge in [-0.15, -0.1) is 0 Å². The Kier molecular flexibility index (Phi) is 2.77. The van der Waals surface area contributed by atoms with Crippen LogP contribution in [0.4, 0.5) is 0 Å². The Hall–Kier alpha value is -0.570. The fourth-order valence-corrected chi connectivity index (χ4v) is 2.82. The van der Waals surface area contributed by atoms with Gasteiger partial charge < -0.3 is 4.90 Å². The Bertz CT molecular complexity index is 229. The van der Waals surface area contributed by atoms with Crippen LogP contribution in [0.1, 0.15) is 33.1 Å². The number of piperazine rings is 1. The highest BCUT2D eigenvalue weighted by atomic mass is 16.2. The van der Waals surface area contributed by atoms with Gasteiger partial charge in [0.2, 0.25) is 5.91 Å². The maximum Gasteiger partial charge on any atom is 0.222 e. The smallest absolute Gasteiger partial charge is 0.222 e. The van der Waals surface area contributed by atoms with E-state index in [0.717, 1.165) is 13.1 Å². The Morgan fingerprint density at radius 2 is 2.07 bits per heavy atom. The minimum absolute atomic E-state index is 0.341. The van der Waals surface area contributed by atoms with Gasteiger partial charge in [0.1, 0.15) is 0 Å². The number of hydrogen-bond donors (Lipinski definition) is 0. The molecule has 2 atom stereocenters. The molecule has 0 aromatic heterocycles. The summed E-state index contributed by atoms with van der Waals surface area (Å²) in [5, 5.41) is 0. The molecular formula is C11H20N2O. The van der Waals surface area contributed by atoms with Crippen molar-refractivity contribution in [1.82, 2.24) is 9.80 Å². The Morgan fingerprint density at radius 3 is 2.57 bits per heavy atom. The normalized spacial score (nSPS) is 31.4. The molecule has 14 heavy (non-hydrogen) atoms. The SMILES string of the molecule is CCCN1C[C@@H]2C[C@H]1CN2C(=O)CC. The number of hydrogen-bond acceptors (Lipinski definition) is 2. The molecule has 2 rings (SSSR count). The summed E-state index contributed by atoms with van der Waals surface area (Å²) in [4.78, 5) is 16.2. The molecule has 0 saturated carbocycles. The average molecular weight is 196 g/mol. The molecule has 0 aliphatic carbocycles. The van der Waals surface area contributed by atoms with Crippen LogP contribution in [0, 0.1) is 0 Å². The first-order valence-corrected chi connectivity index (χ1v) is 5.79.